The lowest BCUT2D eigenvalue weighted by molar-refractivity contribution is -0.146. The molecule has 9 nitrogen and oxygen atoms in total. The molecule has 1 aromatic rings. The highest BCUT2D eigenvalue weighted by Crippen LogP contribution is 2.18. The molecular formula is C19H30N4O5S. The molecule has 0 bridgehead atoms. The first-order valence-corrected chi connectivity index (χ1v) is 11.0. The Labute approximate surface area is 172 Å². The van der Waals surface area contributed by atoms with Crippen molar-refractivity contribution in [3.8, 4) is 0 Å². The van der Waals surface area contributed by atoms with Crippen molar-refractivity contribution >= 4 is 22.0 Å². The number of rotatable bonds is 8. The van der Waals surface area contributed by atoms with Crippen molar-refractivity contribution in [1.82, 2.24) is 14.9 Å². The lowest BCUT2D eigenvalue weighted by Crippen LogP contribution is -2.46. The van der Waals surface area contributed by atoms with Gasteiger partial charge in [0, 0.05) is 40.3 Å². The van der Waals surface area contributed by atoms with Gasteiger partial charge in [-0.1, -0.05) is 12.1 Å². The van der Waals surface area contributed by atoms with Gasteiger partial charge in [0.25, 0.3) is 0 Å². The second-order valence-corrected chi connectivity index (χ2v) is 8.49. The number of sulfonamides is 1. The zero-order chi connectivity index (χ0) is 21.3. The number of esters is 1. The Kier molecular flexibility index (Phi) is 8.87. The number of nitrogens with one attached hydrogen (secondary N) is 2. The van der Waals surface area contributed by atoms with Gasteiger partial charge in [0.15, 0.2) is 5.96 Å². The van der Waals surface area contributed by atoms with Crippen molar-refractivity contribution in [3.05, 3.63) is 29.8 Å². The highest BCUT2D eigenvalue weighted by molar-refractivity contribution is 7.89. The van der Waals surface area contributed by atoms with E-state index in [4.69, 9.17) is 9.47 Å². The fourth-order valence-corrected chi connectivity index (χ4v) is 4.27. The van der Waals surface area contributed by atoms with Gasteiger partial charge in [0.1, 0.15) is 0 Å². The fraction of sp³-hybridized carbons (Fsp3) is 0.579. The number of hydrogen-bond acceptors (Lipinski definition) is 6. The maximum absolute atomic E-state index is 12.4. The van der Waals surface area contributed by atoms with Crippen molar-refractivity contribution in [2.45, 2.75) is 24.3 Å². The molecule has 1 aliphatic rings. The van der Waals surface area contributed by atoms with E-state index >= 15 is 0 Å². The standard InChI is InChI=1S/C19H30N4O5S/c1-20-19(23-10-7-16(8-11-23)18(24)28-3)21-14-15-5-4-6-17(13-15)29(25,26)22-9-12-27-2/h4-6,13,16,22H,7-12,14H2,1-3H3,(H,20,21). The molecule has 1 fully saturated rings. The lowest BCUT2D eigenvalue weighted by atomic mass is 9.97. The van der Waals surface area contributed by atoms with Crippen LogP contribution in [-0.2, 0) is 30.8 Å². The average Bonchev–Trinajstić information content (AvgIpc) is 2.74. The zero-order valence-electron chi connectivity index (χ0n) is 17.2. The van der Waals surface area contributed by atoms with Crippen LogP contribution < -0.4 is 10.0 Å². The Hall–Kier alpha value is -2.17. The number of ether oxygens (including phenoxy) is 2. The van der Waals surface area contributed by atoms with Gasteiger partial charge in [0.2, 0.25) is 10.0 Å². The fourth-order valence-electron chi connectivity index (χ4n) is 3.19. The molecule has 0 amide bonds. The molecule has 1 saturated heterocycles. The van der Waals surface area contributed by atoms with Crippen LogP contribution in [0.2, 0.25) is 0 Å². The number of carbonyl (C=O) groups is 1. The van der Waals surface area contributed by atoms with E-state index < -0.39 is 10.0 Å². The summed E-state index contributed by atoms with van der Waals surface area (Å²) in [7, 11) is 1.06. The van der Waals surface area contributed by atoms with E-state index in [1.165, 1.54) is 14.2 Å². The van der Waals surface area contributed by atoms with Gasteiger partial charge in [-0.15, -0.1) is 0 Å². The van der Waals surface area contributed by atoms with Crippen LogP contribution in [0, 0.1) is 5.92 Å². The summed E-state index contributed by atoms with van der Waals surface area (Å²) in [5.74, 6) is 0.492. The third-order valence-electron chi connectivity index (χ3n) is 4.80. The van der Waals surface area contributed by atoms with Crippen LogP contribution in [0.3, 0.4) is 0 Å². The Morgan fingerprint density at radius 2 is 2.00 bits per heavy atom. The number of benzene rings is 1. The van der Waals surface area contributed by atoms with E-state index in [0.29, 0.717) is 39.1 Å². The van der Waals surface area contributed by atoms with E-state index in [9.17, 15) is 13.2 Å². The normalized spacial score (nSPS) is 16.0. The highest BCUT2D eigenvalue weighted by Gasteiger charge is 2.27. The number of carbonyl (C=O) groups excluding carboxylic acids is 1. The Balaban J connectivity index is 1.94. The predicted molar refractivity (Wildman–Crippen MR) is 110 cm³/mol. The van der Waals surface area contributed by atoms with Gasteiger partial charge in [-0.2, -0.15) is 0 Å². The van der Waals surface area contributed by atoms with Gasteiger partial charge in [0.05, 0.1) is 24.5 Å². The van der Waals surface area contributed by atoms with Gasteiger partial charge >= 0.3 is 5.97 Å². The summed E-state index contributed by atoms with van der Waals surface area (Å²) in [6, 6.07) is 6.77. The molecule has 1 heterocycles. The largest absolute Gasteiger partial charge is 0.469 e. The molecule has 1 aromatic carbocycles. The zero-order valence-corrected chi connectivity index (χ0v) is 18.0. The molecule has 0 radical (unpaired) electrons. The van der Waals surface area contributed by atoms with E-state index in [-0.39, 0.29) is 23.3 Å². The summed E-state index contributed by atoms with van der Waals surface area (Å²) in [5, 5.41) is 3.27. The number of likely N-dealkylation sites (tertiary alicyclic amines) is 1. The molecule has 1 aliphatic heterocycles. The minimum absolute atomic E-state index is 0.0677. The number of aliphatic imine (C=N–C) groups is 1. The highest BCUT2D eigenvalue weighted by atomic mass is 32.2. The summed E-state index contributed by atoms with van der Waals surface area (Å²) in [5.41, 5.74) is 0.824. The van der Waals surface area contributed by atoms with Gasteiger partial charge in [-0.25, -0.2) is 13.1 Å². The molecule has 162 valence electrons. The maximum atomic E-state index is 12.4. The first-order chi connectivity index (χ1) is 13.9. The van der Waals surface area contributed by atoms with Crippen LogP contribution in [0.15, 0.2) is 34.2 Å². The van der Waals surface area contributed by atoms with Crippen molar-refractivity contribution in [3.63, 3.8) is 0 Å². The van der Waals surface area contributed by atoms with Gasteiger partial charge < -0.3 is 19.7 Å². The molecule has 2 rings (SSSR count). The van der Waals surface area contributed by atoms with E-state index in [0.717, 1.165) is 11.5 Å². The number of guanidine groups is 1. The molecule has 0 aromatic heterocycles. The molecule has 29 heavy (non-hydrogen) atoms. The predicted octanol–water partition coefficient (Wildman–Crippen LogP) is 0.572. The van der Waals surface area contributed by atoms with Crippen LogP contribution in [-0.4, -0.2) is 72.8 Å². The van der Waals surface area contributed by atoms with Crippen LogP contribution in [0.1, 0.15) is 18.4 Å². The molecule has 0 unspecified atom stereocenters. The maximum Gasteiger partial charge on any atom is 0.308 e. The SMILES string of the molecule is CN=C(NCc1cccc(S(=O)(=O)NCCOC)c1)N1CCC(C(=O)OC)CC1. The first-order valence-electron chi connectivity index (χ1n) is 9.52. The van der Waals surface area contributed by atoms with Crippen molar-refractivity contribution in [2.75, 3.05) is 47.5 Å². The molecule has 0 atom stereocenters. The third kappa shape index (κ3) is 6.69. The van der Waals surface area contributed by atoms with Crippen molar-refractivity contribution in [1.29, 1.82) is 0 Å². The third-order valence-corrected chi connectivity index (χ3v) is 6.26. The number of methoxy groups -OCH3 is 2. The van der Waals surface area contributed by atoms with E-state index in [2.05, 4.69) is 19.9 Å². The van der Waals surface area contributed by atoms with Gasteiger partial charge in [-0.3, -0.25) is 9.79 Å². The average molecular weight is 427 g/mol. The molecule has 0 saturated carbocycles. The van der Waals surface area contributed by atoms with Crippen molar-refractivity contribution in [2.24, 2.45) is 10.9 Å². The Morgan fingerprint density at radius 1 is 1.28 bits per heavy atom. The van der Waals surface area contributed by atoms with E-state index in [1.807, 2.05) is 6.07 Å². The first kappa shape index (κ1) is 23.1. The molecule has 0 spiro atoms. The quantitative estimate of drug-likeness (QED) is 0.271. The Morgan fingerprint density at radius 3 is 2.62 bits per heavy atom. The number of nitrogens with zero attached hydrogens (tertiary/aromatic N) is 2. The molecular weight excluding hydrogens is 396 g/mol. The molecule has 2 N–H and O–H groups in total. The van der Waals surface area contributed by atoms with Gasteiger partial charge in [-0.05, 0) is 30.5 Å². The second-order valence-electron chi connectivity index (χ2n) is 6.72. The van der Waals surface area contributed by atoms with Crippen LogP contribution in [0.25, 0.3) is 0 Å². The molecule has 10 heteroatoms. The van der Waals surface area contributed by atoms with Crippen molar-refractivity contribution < 1.29 is 22.7 Å². The summed E-state index contributed by atoms with van der Waals surface area (Å²) in [6.07, 6.45) is 1.43. The summed E-state index contributed by atoms with van der Waals surface area (Å²) in [4.78, 5) is 18.3. The minimum Gasteiger partial charge on any atom is -0.469 e. The summed E-state index contributed by atoms with van der Waals surface area (Å²) < 4.78 is 36.9. The Bertz CT molecular complexity index is 805. The smallest absolute Gasteiger partial charge is 0.308 e. The molecule has 0 aliphatic carbocycles. The number of hydrogen-bond donors (Lipinski definition) is 2. The lowest BCUT2D eigenvalue weighted by Gasteiger charge is -2.33. The number of piperidine rings is 1. The second kappa shape index (κ2) is 11.1. The topological polar surface area (TPSA) is 109 Å². The monoisotopic (exact) mass is 426 g/mol. The van der Waals surface area contributed by atoms with Crippen LogP contribution in [0.5, 0.6) is 0 Å². The van der Waals surface area contributed by atoms with Crippen LogP contribution >= 0.6 is 0 Å². The summed E-state index contributed by atoms with van der Waals surface area (Å²) >= 11 is 0. The summed E-state index contributed by atoms with van der Waals surface area (Å²) in [6.45, 7) is 2.37. The van der Waals surface area contributed by atoms with Crippen LogP contribution in [0.4, 0.5) is 0 Å². The minimum atomic E-state index is -3.58. The van der Waals surface area contributed by atoms with E-state index in [1.54, 1.807) is 25.2 Å².